The van der Waals surface area contributed by atoms with Crippen LogP contribution in [0.1, 0.15) is 51.4 Å². The highest BCUT2D eigenvalue weighted by Crippen LogP contribution is 2.25. The van der Waals surface area contributed by atoms with Gasteiger partial charge in [0.05, 0.1) is 68.6 Å². The molecule has 0 aliphatic heterocycles. The van der Waals surface area contributed by atoms with E-state index in [4.69, 9.17) is 9.47 Å². The van der Waals surface area contributed by atoms with E-state index in [9.17, 15) is 0 Å². The molecule has 0 aliphatic carbocycles. The number of quaternary nitrogens is 2. The summed E-state index contributed by atoms with van der Waals surface area (Å²) in [7, 11) is 13.5. The van der Waals surface area contributed by atoms with Crippen molar-refractivity contribution in [2.24, 2.45) is 0 Å². The largest absolute Gasteiger partial charge is 0.494 e. The Morgan fingerprint density at radius 1 is 0.441 bits per heavy atom. The van der Waals surface area contributed by atoms with Crippen molar-refractivity contribution in [3.05, 3.63) is 48.5 Å². The lowest BCUT2D eigenvalue weighted by Gasteiger charge is -2.23. The van der Waals surface area contributed by atoms with E-state index in [1.807, 2.05) is 0 Å². The Morgan fingerprint density at radius 3 is 1.09 bits per heavy atom. The van der Waals surface area contributed by atoms with Crippen LogP contribution in [0.2, 0.25) is 0 Å². The molecule has 0 saturated heterocycles. The summed E-state index contributed by atoms with van der Waals surface area (Å²) in [6.07, 6.45) is 9.88. The maximum atomic E-state index is 5.93. The molecule has 0 radical (unpaired) electrons. The fraction of sp³-hybridized carbons (Fsp3) is 0.600. The van der Waals surface area contributed by atoms with Crippen molar-refractivity contribution in [2.45, 2.75) is 51.4 Å². The molecule has 0 saturated carbocycles. The van der Waals surface area contributed by atoms with Gasteiger partial charge in [-0.15, -0.1) is 0 Å². The second kappa shape index (κ2) is 14.4. The minimum absolute atomic E-state index is 0.797. The Kier molecular flexibility index (Phi) is 11.9. The third-order valence-corrected chi connectivity index (χ3v) is 6.03. The van der Waals surface area contributed by atoms with Crippen molar-refractivity contribution < 1.29 is 18.4 Å². The smallest absolute Gasteiger partial charge is 0.119 e. The highest BCUT2D eigenvalue weighted by molar-refractivity contribution is 5.64. The molecule has 0 spiro atoms. The summed E-state index contributed by atoms with van der Waals surface area (Å²) in [5.74, 6) is 1.91. The Balaban J connectivity index is 1.62. The maximum absolute atomic E-state index is 5.93. The zero-order valence-corrected chi connectivity index (χ0v) is 22.8. The van der Waals surface area contributed by atoms with E-state index < -0.39 is 0 Å². The van der Waals surface area contributed by atoms with Crippen LogP contribution in [-0.4, -0.2) is 77.6 Å². The molecule has 0 heterocycles. The van der Waals surface area contributed by atoms with Crippen molar-refractivity contribution in [1.82, 2.24) is 0 Å². The summed E-state index contributed by atoms with van der Waals surface area (Å²) in [5.41, 5.74) is 2.41. The first-order chi connectivity index (χ1) is 16.1. The van der Waals surface area contributed by atoms with Crippen LogP contribution in [0.15, 0.2) is 48.5 Å². The molecule has 0 aliphatic rings. The lowest BCUT2D eigenvalue weighted by molar-refractivity contribution is -0.870. The lowest BCUT2D eigenvalue weighted by Crippen LogP contribution is -2.35. The van der Waals surface area contributed by atoms with Gasteiger partial charge in [-0.25, -0.2) is 0 Å². The molecule has 0 N–H and O–H groups in total. The second-order valence-corrected chi connectivity index (χ2v) is 11.6. The molecule has 0 unspecified atom stereocenters. The van der Waals surface area contributed by atoms with Gasteiger partial charge in [0.1, 0.15) is 11.5 Å². The van der Waals surface area contributed by atoms with Gasteiger partial charge in [0.25, 0.3) is 0 Å². The zero-order valence-electron chi connectivity index (χ0n) is 22.8. The third-order valence-electron chi connectivity index (χ3n) is 6.03. The van der Waals surface area contributed by atoms with E-state index >= 15 is 0 Å². The molecule has 0 bridgehead atoms. The van der Waals surface area contributed by atoms with Crippen LogP contribution in [0.3, 0.4) is 0 Å². The molecular formula is C30H50N2O2+2. The van der Waals surface area contributed by atoms with Crippen LogP contribution < -0.4 is 9.47 Å². The fourth-order valence-corrected chi connectivity index (χ4v) is 3.95. The minimum atomic E-state index is 0.797. The van der Waals surface area contributed by atoms with E-state index in [1.165, 1.54) is 62.7 Å². The van der Waals surface area contributed by atoms with Gasteiger partial charge in [-0.3, -0.25) is 0 Å². The van der Waals surface area contributed by atoms with Crippen molar-refractivity contribution in [1.29, 1.82) is 0 Å². The number of nitrogens with zero attached hydrogens (tertiary/aromatic N) is 2. The van der Waals surface area contributed by atoms with Crippen LogP contribution >= 0.6 is 0 Å². The molecule has 190 valence electrons. The van der Waals surface area contributed by atoms with Gasteiger partial charge in [0.15, 0.2) is 0 Å². The first-order valence-electron chi connectivity index (χ1n) is 13.2. The van der Waals surface area contributed by atoms with Gasteiger partial charge in [0.2, 0.25) is 0 Å². The molecule has 0 atom stereocenters. The predicted molar refractivity (Wildman–Crippen MR) is 146 cm³/mol. The van der Waals surface area contributed by atoms with Crippen LogP contribution in [0.25, 0.3) is 11.1 Å². The number of hydrogen-bond donors (Lipinski definition) is 0. The summed E-state index contributed by atoms with van der Waals surface area (Å²) in [6.45, 7) is 4.08. The SMILES string of the molecule is C[N+](C)(C)CCCCCCOc1ccc(-c2ccc(OCCCCCC[N+](C)(C)C)cc2)cc1. The topological polar surface area (TPSA) is 18.5 Å². The van der Waals surface area contributed by atoms with Crippen molar-refractivity contribution in [2.75, 3.05) is 68.6 Å². The summed E-state index contributed by atoms with van der Waals surface area (Å²) in [4.78, 5) is 0. The number of unbranched alkanes of at least 4 members (excludes halogenated alkanes) is 6. The average Bonchev–Trinajstić information content (AvgIpc) is 2.77. The van der Waals surface area contributed by atoms with Crippen LogP contribution in [0, 0.1) is 0 Å². The van der Waals surface area contributed by atoms with E-state index in [2.05, 4.69) is 90.8 Å². The Hall–Kier alpha value is -2.04. The van der Waals surface area contributed by atoms with E-state index in [-0.39, 0.29) is 0 Å². The van der Waals surface area contributed by atoms with Crippen molar-refractivity contribution >= 4 is 0 Å². The molecule has 2 rings (SSSR count). The average molecular weight is 471 g/mol. The fourth-order valence-electron chi connectivity index (χ4n) is 3.95. The van der Waals surface area contributed by atoms with E-state index in [0.29, 0.717) is 0 Å². The van der Waals surface area contributed by atoms with Gasteiger partial charge >= 0.3 is 0 Å². The van der Waals surface area contributed by atoms with Gasteiger partial charge in [-0.1, -0.05) is 24.3 Å². The number of ether oxygens (including phenoxy) is 2. The van der Waals surface area contributed by atoms with Crippen LogP contribution in [0.4, 0.5) is 0 Å². The quantitative estimate of drug-likeness (QED) is 0.190. The number of hydrogen-bond acceptors (Lipinski definition) is 2. The molecule has 2 aromatic rings. The zero-order chi connectivity index (χ0) is 24.9. The van der Waals surface area contributed by atoms with Gasteiger partial charge in [-0.05, 0) is 86.8 Å². The monoisotopic (exact) mass is 470 g/mol. The highest BCUT2D eigenvalue weighted by atomic mass is 16.5. The molecular weight excluding hydrogens is 420 g/mol. The maximum Gasteiger partial charge on any atom is 0.119 e. The molecule has 0 amide bonds. The molecule has 4 heteroatoms. The number of benzene rings is 2. The van der Waals surface area contributed by atoms with Gasteiger partial charge in [0, 0.05) is 0 Å². The first-order valence-corrected chi connectivity index (χ1v) is 13.2. The van der Waals surface area contributed by atoms with Gasteiger partial charge < -0.3 is 18.4 Å². The normalized spacial score (nSPS) is 12.1. The Labute approximate surface area is 209 Å². The molecule has 34 heavy (non-hydrogen) atoms. The van der Waals surface area contributed by atoms with E-state index in [0.717, 1.165) is 46.5 Å². The molecule has 0 fully saturated rings. The highest BCUT2D eigenvalue weighted by Gasteiger charge is 2.06. The van der Waals surface area contributed by atoms with Crippen LogP contribution in [-0.2, 0) is 0 Å². The Bertz CT molecular complexity index is 717. The van der Waals surface area contributed by atoms with Crippen molar-refractivity contribution in [3.63, 3.8) is 0 Å². The number of rotatable bonds is 17. The van der Waals surface area contributed by atoms with Gasteiger partial charge in [-0.2, -0.15) is 0 Å². The summed E-state index contributed by atoms with van der Waals surface area (Å²) >= 11 is 0. The standard InChI is InChI=1S/C30H50N2O2/c1-31(2,3)23-11-7-9-13-25-33-29-19-15-27(16-20-29)28-17-21-30(22-18-28)34-26-14-10-8-12-24-32(4,5)6/h15-22H,7-14,23-26H2,1-6H3/q+2. The second-order valence-electron chi connectivity index (χ2n) is 11.6. The third kappa shape index (κ3) is 13.0. The van der Waals surface area contributed by atoms with Crippen LogP contribution in [0.5, 0.6) is 11.5 Å². The predicted octanol–water partition coefficient (Wildman–Crippen LogP) is 6.64. The summed E-state index contributed by atoms with van der Waals surface area (Å²) in [6, 6.07) is 16.9. The summed E-state index contributed by atoms with van der Waals surface area (Å²) < 4.78 is 14.0. The summed E-state index contributed by atoms with van der Waals surface area (Å²) in [5, 5.41) is 0. The Morgan fingerprint density at radius 2 is 0.765 bits per heavy atom. The molecule has 0 aromatic heterocycles. The lowest BCUT2D eigenvalue weighted by atomic mass is 10.1. The molecule has 2 aromatic carbocycles. The van der Waals surface area contributed by atoms with Crippen molar-refractivity contribution in [3.8, 4) is 22.6 Å². The minimum Gasteiger partial charge on any atom is -0.494 e. The van der Waals surface area contributed by atoms with E-state index in [1.54, 1.807) is 0 Å². The first kappa shape index (κ1) is 28.2. The molecule has 4 nitrogen and oxygen atoms in total.